The molecule has 1 unspecified atom stereocenters. The van der Waals surface area contributed by atoms with Gasteiger partial charge in [-0.1, -0.05) is 0 Å². The number of alkyl halides is 3. The lowest BCUT2D eigenvalue weighted by Gasteiger charge is -2.24. The summed E-state index contributed by atoms with van der Waals surface area (Å²) in [5.74, 6) is -0.652. The van der Waals surface area contributed by atoms with Gasteiger partial charge in [-0.3, -0.25) is 14.6 Å². The first-order chi connectivity index (χ1) is 13.2. The predicted molar refractivity (Wildman–Crippen MR) is 94.0 cm³/mol. The molecule has 2 N–H and O–H groups in total. The molecule has 1 fully saturated rings. The maximum Gasteiger partial charge on any atom is 0.416 e. The number of aryl methyl sites for hydroxylation is 1. The van der Waals surface area contributed by atoms with E-state index in [0.29, 0.717) is 24.4 Å². The largest absolute Gasteiger partial charge is 0.455 e. The lowest BCUT2D eigenvalue weighted by atomic mass is 10.0. The van der Waals surface area contributed by atoms with Crippen molar-refractivity contribution >= 4 is 11.8 Å². The lowest BCUT2D eigenvalue weighted by molar-refractivity contribution is -0.137. The molecule has 0 aliphatic carbocycles. The number of halogens is 3. The van der Waals surface area contributed by atoms with Gasteiger partial charge >= 0.3 is 6.18 Å². The van der Waals surface area contributed by atoms with E-state index < -0.39 is 23.7 Å². The molecule has 2 aromatic rings. The number of hydrogen-bond acceptors (Lipinski definition) is 4. The van der Waals surface area contributed by atoms with Gasteiger partial charge in [0.25, 0.3) is 5.91 Å². The van der Waals surface area contributed by atoms with Crippen molar-refractivity contribution in [3.8, 4) is 11.5 Å². The normalized spacial score (nSPS) is 17.0. The van der Waals surface area contributed by atoms with Crippen molar-refractivity contribution in [3.63, 3.8) is 0 Å². The van der Waals surface area contributed by atoms with E-state index in [-0.39, 0.29) is 23.6 Å². The van der Waals surface area contributed by atoms with Crippen LogP contribution in [0, 0.1) is 6.92 Å². The molecule has 1 aliphatic rings. The summed E-state index contributed by atoms with van der Waals surface area (Å²) >= 11 is 0. The summed E-state index contributed by atoms with van der Waals surface area (Å²) in [5, 5.41) is 5.26. The van der Waals surface area contributed by atoms with Crippen LogP contribution in [0.4, 0.5) is 13.2 Å². The molecule has 1 atom stereocenters. The lowest BCUT2D eigenvalue weighted by Crippen LogP contribution is -2.45. The van der Waals surface area contributed by atoms with Crippen LogP contribution in [0.2, 0.25) is 0 Å². The van der Waals surface area contributed by atoms with Gasteiger partial charge in [0.1, 0.15) is 11.5 Å². The maximum absolute atomic E-state index is 13.1. The van der Waals surface area contributed by atoms with Crippen molar-refractivity contribution in [2.24, 2.45) is 0 Å². The van der Waals surface area contributed by atoms with E-state index in [1.807, 2.05) is 0 Å². The topological polar surface area (TPSA) is 80.3 Å². The highest BCUT2D eigenvalue weighted by Gasteiger charge is 2.32. The molecular weight excluding hydrogens is 375 g/mol. The average molecular weight is 393 g/mol. The maximum atomic E-state index is 13.1. The SMILES string of the molecule is Cc1ncccc1Oc1ccc(C(F)(F)F)cc1C(=O)NC1CCNC(=O)C1. The molecule has 0 radical (unpaired) electrons. The summed E-state index contributed by atoms with van der Waals surface area (Å²) in [6, 6.07) is 5.48. The number of pyridine rings is 1. The number of piperidine rings is 1. The molecule has 2 amide bonds. The molecule has 1 aliphatic heterocycles. The molecule has 1 aromatic carbocycles. The summed E-state index contributed by atoms with van der Waals surface area (Å²) in [6.45, 7) is 2.07. The summed E-state index contributed by atoms with van der Waals surface area (Å²) in [5.41, 5.74) is -0.698. The fourth-order valence-electron chi connectivity index (χ4n) is 2.84. The Morgan fingerprint density at radius 3 is 2.75 bits per heavy atom. The molecular formula is C19H18F3N3O3. The van der Waals surface area contributed by atoms with Crippen molar-refractivity contribution in [1.29, 1.82) is 0 Å². The van der Waals surface area contributed by atoms with E-state index >= 15 is 0 Å². The Balaban J connectivity index is 1.92. The third-order valence-corrected chi connectivity index (χ3v) is 4.31. The van der Waals surface area contributed by atoms with E-state index in [1.54, 1.807) is 25.3 Å². The monoisotopic (exact) mass is 393 g/mol. The molecule has 3 rings (SSSR count). The second-order valence-corrected chi connectivity index (χ2v) is 6.41. The van der Waals surface area contributed by atoms with Gasteiger partial charge in [-0.25, -0.2) is 0 Å². The number of benzene rings is 1. The van der Waals surface area contributed by atoms with E-state index in [9.17, 15) is 22.8 Å². The summed E-state index contributed by atoms with van der Waals surface area (Å²) in [6.07, 6.45) is -2.49. The number of carbonyl (C=O) groups excluding carboxylic acids is 2. The number of carbonyl (C=O) groups is 2. The number of nitrogens with zero attached hydrogens (tertiary/aromatic N) is 1. The van der Waals surface area contributed by atoms with Crippen LogP contribution in [0.5, 0.6) is 11.5 Å². The van der Waals surface area contributed by atoms with Crippen LogP contribution in [0.1, 0.15) is 34.5 Å². The molecule has 1 saturated heterocycles. The highest BCUT2D eigenvalue weighted by Crippen LogP contribution is 2.34. The van der Waals surface area contributed by atoms with Gasteiger partial charge in [-0.2, -0.15) is 13.2 Å². The highest BCUT2D eigenvalue weighted by molar-refractivity contribution is 5.97. The molecule has 1 aromatic heterocycles. The van der Waals surface area contributed by atoms with E-state index in [4.69, 9.17) is 4.74 Å². The van der Waals surface area contributed by atoms with Gasteiger partial charge < -0.3 is 15.4 Å². The number of nitrogens with one attached hydrogen (secondary N) is 2. The van der Waals surface area contributed by atoms with Crippen LogP contribution in [-0.4, -0.2) is 29.4 Å². The van der Waals surface area contributed by atoms with Gasteiger partial charge in [-0.15, -0.1) is 0 Å². The summed E-state index contributed by atoms with van der Waals surface area (Å²) in [4.78, 5) is 28.2. The van der Waals surface area contributed by atoms with Gasteiger partial charge in [0.15, 0.2) is 0 Å². The van der Waals surface area contributed by atoms with Crippen molar-refractivity contribution in [2.45, 2.75) is 32.0 Å². The van der Waals surface area contributed by atoms with Crippen LogP contribution in [0.15, 0.2) is 36.5 Å². The second-order valence-electron chi connectivity index (χ2n) is 6.41. The van der Waals surface area contributed by atoms with Crippen molar-refractivity contribution in [3.05, 3.63) is 53.3 Å². The number of hydrogen-bond donors (Lipinski definition) is 2. The first-order valence-corrected chi connectivity index (χ1v) is 8.62. The predicted octanol–water partition coefficient (Wildman–Crippen LogP) is 3.21. The Hall–Kier alpha value is -3.10. The fourth-order valence-corrected chi connectivity index (χ4v) is 2.84. The van der Waals surface area contributed by atoms with Gasteiger partial charge in [0.05, 0.1) is 16.8 Å². The number of aromatic nitrogens is 1. The van der Waals surface area contributed by atoms with Crippen LogP contribution in [-0.2, 0) is 11.0 Å². The highest BCUT2D eigenvalue weighted by atomic mass is 19.4. The van der Waals surface area contributed by atoms with E-state index in [2.05, 4.69) is 15.6 Å². The zero-order chi connectivity index (χ0) is 20.3. The number of ether oxygens (including phenoxy) is 1. The van der Waals surface area contributed by atoms with Crippen molar-refractivity contribution in [2.75, 3.05) is 6.54 Å². The third-order valence-electron chi connectivity index (χ3n) is 4.31. The van der Waals surface area contributed by atoms with E-state index in [1.165, 1.54) is 0 Å². The second kappa shape index (κ2) is 7.87. The van der Waals surface area contributed by atoms with Crippen LogP contribution in [0.25, 0.3) is 0 Å². The van der Waals surface area contributed by atoms with E-state index in [0.717, 1.165) is 18.2 Å². The van der Waals surface area contributed by atoms with Crippen molar-refractivity contribution in [1.82, 2.24) is 15.6 Å². The molecule has 0 bridgehead atoms. The zero-order valence-electron chi connectivity index (χ0n) is 15.0. The molecule has 0 spiro atoms. The molecule has 6 nitrogen and oxygen atoms in total. The smallest absolute Gasteiger partial charge is 0.416 e. The van der Waals surface area contributed by atoms with Crippen LogP contribution in [0.3, 0.4) is 0 Å². The summed E-state index contributed by atoms with van der Waals surface area (Å²) < 4.78 is 45.1. The Bertz CT molecular complexity index is 899. The Labute approximate surface area is 159 Å². The van der Waals surface area contributed by atoms with Gasteiger partial charge in [0, 0.05) is 25.2 Å². The Morgan fingerprint density at radius 2 is 2.07 bits per heavy atom. The standard InChI is InChI=1S/C19H18F3N3O3/c1-11-15(3-2-7-23-11)28-16-5-4-12(19(20,21)22)9-14(16)18(27)25-13-6-8-24-17(26)10-13/h2-5,7,9,13H,6,8,10H2,1H3,(H,24,26)(H,25,27). The minimum Gasteiger partial charge on any atom is -0.455 e. The summed E-state index contributed by atoms with van der Waals surface area (Å²) in [7, 11) is 0. The fraction of sp³-hybridized carbons (Fsp3) is 0.316. The third kappa shape index (κ3) is 4.59. The molecule has 28 heavy (non-hydrogen) atoms. The van der Waals surface area contributed by atoms with Gasteiger partial charge in [0.2, 0.25) is 5.91 Å². The van der Waals surface area contributed by atoms with Crippen molar-refractivity contribution < 1.29 is 27.5 Å². The van der Waals surface area contributed by atoms with Crippen LogP contribution >= 0.6 is 0 Å². The minimum absolute atomic E-state index is 0.0261. The molecule has 9 heteroatoms. The van der Waals surface area contributed by atoms with Crippen LogP contribution < -0.4 is 15.4 Å². The quantitative estimate of drug-likeness (QED) is 0.836. The minimum atomic E-state index is -4.61. The number of amides is 2. The first-order valence-electron chi connectivity index (χ1n) is 8.62. The Kier molecular flexibility index (Phi) is 5.53. The molecule has 0 saturated carbocycles. The van der Waals surface area contributed by atoms with Gasteiger partial charge in [-0.05, 0) is 43.7 Å². The average Bonchev–Trinajstić information content (AvgIpc) is 2.63. The molecule has 2 heterocycles. The first kappa shape index (κ1) is 19.7. The number of rotatable bonds is 4. The Morgan fingerprint density at radius 1 is 1.29 bits per heavy atom. The molecule has 148 valence electrons. The zero-order valence-corrected chi connectivity index (χ0v) is 15.0.